The van der Waals surface area contributed by atoms with Gasteiger partial charge < -0.3 is 4.42 Å². The molecule has 1 atom stereocenters. The lowest BCUT2D eigenvalue weighted by Crippen LogP contribution is -2.37. The molecule has 1 aliphatic heterocycles. The van der Waals surface area contributed by atoms with Crippen molar-refractivity contribution in [2.75, 3.05) is 13.1 Å². The van der Waals surface area contributed by atoms with E-state index in [1.54, 1.807) is 15.9 Å². The molecule has 2 aromatic heterocycles. The van der Waals surface area contributed by atoms with E-state index in [2.05, 4.69) is 23.1 Å². The molecule has 4 aromatic rings. The Morgan fingerprint density at radius 2 is 2.00 bits per heavy atom. The zero-order valence-corrected chi connectivity index (χ0v) is 15.1. The van der Waals surface area contributed by atoms with Gasteiger partial charge in [-0.3, -0.25) is 9.47 Å². The highest BCUT2D eigenvalue weighted by atomic mass is 32.1. The maximum absolute atomic E-state index is 12.2. The molecule has 6 heteroatoms. The van der Waals surface area contributed by atoms with Crippen LogP contribution in [0.2, 0.25) is 0 Å². The fourth-order valence-electron chi connectivity index (χ4n) is 3.80. The quantitative estimate of drug-likeness (QED) is 0.550. The highest BCUT2D eigenvalue weighted by molar-refractivity contribution is 7.18. The molecule has 2 aromatic carbocycles. The van der Waals surface area contributed by atoms with Crippen LogP contribution < -0.4 is 5.76 Å². The maximum atomic E-state index is 12.2. The van der Waals surface area contributed by atoms with Crippen molar-refractivity contribution in [2.45, 2.75) is 25.4 Å². The number of para-hydroxylation sites is 3. The van der Waals surface area contributed by atoms with Gasteiger partial charge in [0.25, 0.3) is 0 Å². The van der Waals surface area contributed by atoms with E-state index in [1.165, 1.54) is 9.71 Å². The van der Waals surface area contributed by atoms with Gasteiger partial charge in [0, 0.05) is 12.5 Å². The summed E-state index contributed by atoms with van der Waals surface area (Å²) in [6, 6.07) is 15.9. The van der Waals surface area contributed by atoms with E-state index < -0.39 is 0 Å². The van der Waals surface area contributed by atoms with E-state index in [-0.39, 0.29) is 5.76 Å². The average molecular weight is 365 g/mol. The Labute approximate surface area is 154 Å². The third-order valence-corrected chi connectivity index (χ3v) is 6.28. The number of thiazole rings is 1. The van der Waals surface area contributed by atoms with Gasteiger partial charge in [0.15, 0.2) is 5.58 Å². The van der Waals surface area contributed by atoms with Gasteiger partial charge >= 0.3 is 5.76 Å². The molecule has 0 radical (unpaired) electrons. The van der Waals surface area contributed by atoms with Crippen LogP contribution in [0, 0.1) is 0 Å². The maximum Gasteiger partial charge on any atom is 0.421 e. The molecule has 132 valence electrons. The number of likely N-dealkylation sites (tertiary alicyclic amines) is 1. The minimum absolute atomic E-state index is 0.284. The predicted octanol–water partition coefficient (Wildman–Crippen LogP) is 4.04. The number of aromatic nitrogens is 2. The summed E-state index contributed by atoms with van der Waals surface area (Å²) >= 11 is 1.79. The SMILES string of the molecule is O=c1oc2ccccc2n1CN1CCCC(c2nc3ccccc3s2)C1. The van der Waals surface area contributed by atoms with Crippen molar-refractivity contribution in [1.29, 1.82) is 0 Å². The number of piperidine rings is 1. The van der Waals surface area contributed by atoms with Crippen molar-refractivity contribution in [3.05, 3.63) is 64.1 Å². The Kier molecular flexibility index (Phi) is 3.87. The third-order valence-electron chi connectivity index (χ3n) is 5.08. The molecule has 26 heavy (non-hydrogen) atoms. The number of rotatable bonds is 3. The molecule has 3 heterocycles. The Morgan fingerprint density at radius 1 is 1.15 bits per heavy atom. The summed E-state index contributed by atoms with van der Waals surface area (Å²) in [6.07, 6.45) is 2.27. The van der Waals surface area contributed by atoms with Crippen LogP contribution in [0.3, 0.4) is 0 Å². The lowest BCUT2D eigenvalue weighted by molar-refractivity contribution is 0.163. The highest BCUT2D eigenvalue weighted by Gasteiger charge is 2.25. The Bertz CT molecular complexity index is 1090. The van der Waals surface area contributed by atoms with Crippen LogP contribution in [-0.2, 0) is 6.67 Å². The number of benzene rings is 2. The lowest BCUT2D eigenvalue weighted by Gasteiger charge is -2.31. The molecule has 1 saturated heterocycles. The van der Waals surface area contributed by atoms with Crippen LogP contribution in [0.4, 0.5) is 0 Å². The molecular formula is C20H19N3O2S. The number of oxazole rings is 1. The van der Waals surface area contributed by atoms with E-state index in [4.69, 9.17) is 9.40 Å². The van der Waals surface area contributed by atoms with E-state index >= 15 is 0 Å². The van der Waals surface area contributed by atoms with Crippen molar-refractivity contribution in [3.8, 4) is 0 Å². The summed E-state index contributed by atoms with van der Waals surface area (Å²) in [5.41, 5.74) is 2.60. The second-order valence-corrected chi connectivity index (χ2v) is 7.90. The minimum Gasteiger partial charge on any atom is -0.408 e. The first-order valence-corrected chi connectivity index (χ1v) is 9.76. The van der Waals surface area contributed by atoms with Crippen LogP contribution >= 0.6 is 11.3 Å². The molecule has 0 N–H and O–H groups in total. The molecule has 1 fully saturated rings. The van der Waals surface area contributed by atoms with Crippen LogP contribution in [0.5, 0.6) is 0 Å². The van der Waals surface area contributed by atoms with Crippen molar-refractivity contribution in [3.63, 3.8) is 0 Å². The van der Waals surface area contributed by atoms with E-state index in [1.807, 2.05) is 30.3 Å². The molecule has 5 rings (SSSR count). The fraction of sp³-hybridized carbons (Fsp3) is 0.300. The van der Waals surface area contributed by atoms with Crippen LogP contribution in [-0.4, -0.2) is 27.5 Å². The minimum atomic E-state index is -0.284. The topological polar surface area (TPSA) is 51.3 Å². The van der Waals surface area contributed by atoms with Gasteiger partial charge in [0.2, 0.25) is 0 Å². The lowest BCUT2D eigenvalue weighted by atomic mass is 9.99. The Morgan fingerprint density at radius 3 is 2.92 bits per heavy atom. The summed E-state index contributed by atoms with van der Waals surface area (Å²) in [7, 11) is 0. The fourth-order valence-corrected chi connectivity index (χ4v) is 4.89. The van der Waals surface area contributed by atoms with Crippen LogP contribution in [0.15, 0.2) is 57.7 Å². The van der Waals surface area contributed by atoms with E-state index in [9.17, 15) is 4.79 Å². The summed E-state index contributed by atoms with van der Waals surface area (Å²) < 4.78 is 8.34. The summed E-state index contributed by atoms with van der Waals surface area (Å²) in [4.78, 5) is 19.4. The van der Waals surface area contributed by atoms with Crippen LogP contribution in [0.25, 0.3) is 21.3 Å². The van der Waals surface area contributed by atoms with Gasteiger partial charge in [-0.1, -0.05) is 24.3 Å². The summed E-state index contributed by atoms with van der Waals surface area (Å²) in [5.74, 6) is 0.142. The standard InChI is InChI=1S/C20H19N3O2S/c24-20-23(16-8-2-3-9-17(16)25-20)13-22-11-5-6-14(12-22)19-21-15-7-1-4-10-18(15)26-19/h1-4,7-10,14H,5-6,11-13H2. The second-order valence-electron chi connectivity index (χ2n) is 6.84. The largest absolute Gasteiger partial charge is 0.421 e. The van der Waals surface area contributed by atoms with Crippen molar-refractivity contribution in [1.82, 2.24) is 14.5 Å². The molecule has 0 spiro atoms. The van der Waals surface area contributed by atoms with Gasteiger partial charge in [-0.15, -0.1) is 11.3 Å². The molecule has 1 aliphatic rings. The van der Waals surface area contributed by atoms with Gasteiger partial charge in [0.1, 0.15) is 0 Å². The smallest absolute Gasteiger partial charge is 0.408 e. The molecule has 1 unspecified atom stereocenters. The predicted molar refractivity (Wildman–Crippen MR) is 104 cm³/mol. The zero-order chi connectivity index (χ0) is 17.5. The molecule has 0 aliphatic carbocycles. The van der Waals surface area contributed by atoms with Gasteiger partial charge in [-0.05, 0) is 43.7 Å². The van der Waals surface area contributed by atoms with Crippen molar-refractivity contribution < 1.29 is 4.42 Å². The average Bonchev–Trinajstić information content (AvgIpc) is 3.24. The first kappa shape index (κ1) is 15.8. The normalized spacial score (nSPS) is 18.7. The van der Waals surface area contributed by atoms with Gasteiger partial charge in [0.05, 0.1) is 27.4 Å². The zero-order valence-electron chi connectivity index (χ0n) is 14.3. The molecule has 0 bridgehead atoms. The van der Waals surface area contributed by atoms with Gasteiger partial charge in [-0.25, -0.2) is 9.78 Å². The van der Waals surface area contributed by atoms with Gasteiger partial charge in [-0.2, -0.15) is 0 Å². The second kappa shape index (κ2) is 6.37. The van der Waals surface area contributed by atoms with Crippen molar-refractivity contribution in [2.24, 2.45) is 0 Å². The molecule has 0 amide bonds. The highest BCUT2D eigenvalue weighted by Crippen LogP contribution is 2.33. The number of hydrogen-bond acceptors (Lipinski definition) is 5. The summed E-state index contributed by atoms with van der Waals surface area (Å²) in [6.45, 7) is 2.48. The summed E-state index contributed by atoms with van der Waals surface area (Å²) in [5, 5.41) is 1.21. The number of hydrogen-bond donors (Lipinski definition) is 0. The van der Waals surface area contributed by atoms with Crippen LogP contribution in [0.1, 0.15) is 23.8 Å². The van der Waals surface area contributed by atoms with E-state index in [0.717, 1.165) is 37.0 Å². The molecule has 5 nitrogen and oxygen atoms in total. The Hall–Kier alpha value is -2.44. The van der Waals surface area contributed by atoms with E-state index in [0.29, 0.717) is 18.2 Å². The molecule has 0 saturated carbocycles. The monoisotopic (exact) mass is 365 g/mol. The Balaban J connectivity index is 1.40. The third kappa shape index (κ3) is 2.75. The first-order valence-electron chi connectivity index (χ1n) is 8.94. The molecular weight excluding hydrogens is 346 g/mol. The number of nitrogens with zero attached hydrogens (tertiary/aromatic N) is 3. The van der Waals surface area contributed by atoms with Crippen molar-refractivity contribution >= 4 is 32.7 Å². The number of fused-ring (bicyclic) bond motifs is 2. The first-order chi connectivity index (χ1) is 12.8.